The summed E-state index contributed by atoms with van der Waals surface area (Å²) in [6.07, 6.45) is 0. The van der Waals surface area contributed by atoms with Crippen molar-refractivity contribution in [2.24, 2.45) is 10.7 Å². The predicted octanol–water partition coefficient (Wildman–Crippen LogP) is 0.525. The molecule has 27 heavy (non-hydrogen) atoms. The minimum absolute atomic E-state index is 0. The lowest BCUT2D eigenvalue weighted by Gasteiger charge is -2.19. The molecule has 2 unspecified atom stereocenters. The van der Waals surface area contributed by atoms with Crippen LogP contribution in [0.2, 0.25) is 0 Å². The quantitative estimate of drug-likeness (QED) is 0.406. The van der Waals surface area contributed by atoms with E-state index in [-0.39, 0.29) is 24.3 Å². The van der Waals surface area contributed by atoms with E-state index in [4.69, 9.17) is 16.2 Å². The Morgan fingerprint density at radius 3 is 2.37 bits per heavy atom. The third-order valence-electron chi connectivity index (χ3n) is 3.90. The van der Waals surface area contributed by atoms with Crippen LogP contribution in [-0.2, 0) is 9.59 Å². The molecule has 1 saturated heterocycles. The van der Waals surface area contributed by atoms with Gasteiger partial charge in [-0.3, -0.25) is 19.8 Å². The van der Waals surface area contributed by atoms with E-state index < -0.39 is 29.6 Å². The number of carboxylic acid groups (broad SMARTS) is 1. The third-order valence-corrected chi connectivity index (χ3v) is 5.35. The van der Waals surface area contributed by atoms with Gasteiger partial charge in [0, 0.05) is 24.2 Å². The average molecular weight is 414 g/mol. The molecule has 9 nitrogen and oxygen atoms in total. The summed E-state index contributed by atoms with van der Waals surface area (Å²) in [5.41, 5.74) is 6.22. The van der Waals surface area contributed by atoms with Crippen LogP contribution in [0.5, 0.6) is 0 Å². The highest BCUT2D eigenvalue weighted by molar-refractivity contribution is 8.15. The number of carbonyl (C=O) groups excluding carboxylic acids is 2. The van der Waals surface area contributed by atoms with Crippen molar-refractivity contribution in [3.05, 3.63) is 35.4 Å². The molecule has 1 aliphatic heterocycles. The summed E-state index contributed by atoms with van der Waals surface area (Å²) in [6.45, 7) is 1.34. The summed E-state index contributed by atoms with van der Waals surface area (Å²) in [5, 5.41) is 18.2. The number of benzene rings is 1. The minimum Gasteiger partial charge on any atom is -0.480 e. The molecule has 1 aromatic rings. The van der Waals surface area contributed by atoms with Crippen LogP contribution in [0, 0.1) is 5.41 Å². The summed E-state index contributed by atoms with van der Waals surface area (Å²) >= 11 is 1.11. The first-order chi connectivity index (χ1) is 12.2. The molecule has 146 valence electrons. The van der Waals surface area contributed by atoms with E-state index >= 15 is 0 Å². The monoisotopic (exact) mass is 413 g/mol. The van der Waals surface area contributed by atoms with Crippen LogP contribution in [-0.4, -0.2) is 63.7 Å². The maximum atomic E-state index is 12.3. The van der Waals surface area contributed by atoms with Crippen LogP contribution < -0.4 is 11.1 Å². The number of thioether (sulfide) groups is 1. The number of hydrogen-bond acceptors (Lipinski definition) is 5. The molecule has 0 saturated carbocycles. The van der Waals surface area contributed by atoms with Crippen molar-refractivity contribution in [1.82, 2.24) is 10.2 Å². The molecular formula is C16H20ClN5O4S. The van der Waals surface area contributed by atoms with Crippen molar-refractivity contribution in [2.75, 3.05) is 13.6 Å². The number of carboxylic acids is 1. The molecule has 1 aliphatic rings. The van der Waals surface area contributed by atoms with Gasteiger partial charge in [-0.15, -0.1) is 12.4 Å². The molecule has 2 atom stereocenters. The van der Waals surface area contributed by atoms with Gasteiger partial charge in [-0.2, -0.15) is 4.99 Å². The lowest BCUT2D eigenvalue weighted by Crippen LogP contribution is -2.42. The van der Waals surface area contributed by atoms with Gasteiger partial charge in [0.05, 0.1) is 0 Å². The number of aliphatic carboxylic acids is 1. The largest absolute Gasteiger partial charge is 0.480 e. The molecule has 5 N–H and O–H groups in total. The molecule has 11 heteroatoms. The maximum Gasteiger partial charge on any atom is 0.322 e. The Morgan fingerprint density at radius 1 is 1.30 bits per heavy atom. The molecule has 0 aromatic heterocycles. The fraction of sp³-hybridized carbons (Fsp3) is 0.312. The van der Waals surface area contributed by atoms with Gasteiger partial charge in [0.2, 0.25) is 5.91 Å². The fourth-order valence-corrected chi connectivity index (χ4v) is 3.52. The summed E-state index contributed by atoms with van der Waals surface area (Å²) in [6, 6.07) is 5.94. The molecule has 1 aromatic carbocycles. The van der Waals surface area contributed by atoms with Crippen LogP contribution in [0.1, 0.15) is 22.8 Å². The number of rotatable bonds is 5. The van der Waals surface area contributed by atoms with Crippen molar-refractivity contribution in [3.63, 3.8) is 0 Å². The van der Waals surface area contributed by atoms with Crippen LogP contribution in [0.25, 0.3) is 0 Å². The van der Waals surface area contributed by atoms with Gasteiger partial charge in [0.1, 0.15) is 17.6 Å². The fourth-order valence-electron chi connectivity index (χ4n) is 2.26. The number of amidine groups is 2. The predicted molar refractivity (Wildman–Crippen MR) is 106 cm³/mol. The smallest absolute Gasteiger partial charge is 0.322 e. The third kappa shape index (κ3) is 5.44. The van der Waals surface area contributed by atoms with E-state index in [1.807, 2.05) is 0 Å². The maximum absolute atomic E-state index is 12.3. The van der Waals surface area contributed by atoms with Gasteiger partial charge in [-0.25, -0.2) is 0 Å². The molecule has 0 radical (unpaired) electrons. The first-order valence-electron chi connectivity index (χ1n) is 7.67. The molecule has 1 heterocycles. The molecule has 0 spiro atoms. The first-order valence-corrected chi connectivity index (χ1v) is 8.55. The number of nitrogen functional groups attached to an aromatic ring is 1. The van der Waals surface area contributed by atoms with Crippen molar-refractivity contribution in [2.45, 2.75) is 18.2 Å². The second-order valence-corrected chi connectivity index (χ2v) is 6.80. The Labute approximate surface area is 166 Å². The number of nitrogens with zero attached hydrogens (tertiary/aromatic N) is 2. The van der Waals surface area contributed by atoms with Crippen molar-refractivity contribution >= 4 is 53.0 Å². The Morgan fingerprint density at radius 2 is 1.85 bits per heavy atom. The summed E-state index contributed by atoms with van der Waals surface area (Å²) in [4.78, 5) is 40.8. The van der Waals surface area contributed by atoms with E-state index in [9.17, 15) is 14.4 Å². The second-order valence-electron chi connectivity index (χ2n) is 5.69. The van der Waals surface area contributed by atoms with Gasteiger partial charge in [-0.1, -0.05) is 23.9 Å². The average Bonchev–Trinajstić information content (AvgIpc) is 2.88. The first kappa shape index (κ1) is 22.5. The zero-order valence-electron chi connectivity index (χ0n) is 14.6. The molecule has 0 aliphatic carbocycles. The highest BCUT2D eigenvalue weighted by Crippen LogP contribution is 2.30. The highest BCUT2D eigenvalue weighted by atomic mass is 35.5. The van der Waals surface area contributed by atoms with Gasteiger partial charge in [-0.05, 0) is 19.1 Å². The lowest BCUT2D eigenvalue weighted by molar-refractivity contribution is -0.137. The normalized spacial score (nSPS) is 20.1. The van der Waals surface area contributed by atoms with Crippen LogP contribution in [0.4, 0.5) is 0 Å². The summed E-state index contributed by atoms with van der Waals surface area (Å²) in [7, 11) is 1.72. The number of hydrogen-bond donors (Lipinski definition) is 4. The van der Waals surface area contributed by atoms with Crippen LogP contribution in [0.3, 0.4) is 0 Å². The SMILES string of the molecule is CC1C(C(=O)NCC(=O)O)SC(=NC(=O)c2ccc(C(=N)N)cc2)N1C.Cl. The zero-order chi connectivity index (χ0) is 19.4. The van der Waals surface area contributed by atoms with Gasteiger partial charge < -0.3 is 21.1 Å². The van der Waals surface area contributed by atoms with Crippen molar-refractivity contribution < 1.29 is 19.5 Å². The second kappa shape index (κ2) is 9.38. The van der Waals surface area contributed by atoms with E-state index in [0.29, 0.717) is 16.3 Å². The van der Waals surface area contributed by atoms with E-state index in [1.165, 1.54) is 12.1 Å². The van der Waals surface area contributed by atoms with E-state index in [1.54, 1.807) is 31.0 Å². The Balaban J connectivity index is 0.00000364. The summed E-state index contributed by atoms with van der Waals surface area (Å²) in [5.74, 6) is -2.11. The number of amides is 2. The Bertz CT molecular complexity index is 784. The zero-order valence-corrected chi connectivity index (χ0v) is 16.3. The van der Waals surface area contributed by atoms with Crippen LogP contribution >= 0.6 is 24.2 Å². The Hall–Kier alpha value is -2.59. The molecule has 2 rings (SSSR count). The van der Waals surface area contributed by atoms with Gasteiger partial charge >= 0.3 is 5.97 Å². The minimum atomic E-state index is -1.12. The number of nitrogens with two attached hydrogens (primary N) is 1. The van der Waals surface area contributed by atoms with Gasteiger partial charge in [0.25, 0.3) is 5.91 Å². The standard InChI is InChI=1S/C16H19N5O4S.ClH/c1-8-12(15(25)19-7-11(22)23)26-16(21(8)2)20-14(24)10-5-3-9(4-6-10)13(17)18;/h3-6,8,12H,7H2,1-2H3,(H3,17,18)(H,19,25)(H,22,23);1H. The number of nitrogens with one attached hydrogen (secondary N) is 2. The Kier molecular flexibility index (Phi) is 7.80. The number of halogens is 1. The molecular weight excluding hydrogens is 394 g/mol. The van der Waals surface area contributed by atoms with E-state index in [0.717, 1.165) is 11.8 Å². The van der Waals surface area contributed by atoms with E-state index in [2.05, 4.69) is 10.3 Å². The van der Waals surface area contributed by atoms with Crippen molar-refractivity contribution in [1.29, 1.82) is 5.41 Å². The van der Waals surface area contributed by atoms with Crippen molar-refractivity contribution in [3.8, 4) is 0 Å². The number of aliphatic imine (C=N–C) groups is 1. The van der Waals surface area contributed by atoms with Gasteiger partial charge in [0.15, 0.2) is 5.17 Å². The molecule has 1 fully saturated rings. The number of carbonyl (C=O) groups is 3. The molecule has 2 amide bonds. The van der Waals surface area contributed by atoms with Crippen LogP contribution in [0.15, 0.2) is 29.3 Å². The lowest BCUT2D eigenvalue weighted by atomic mass is 10.1. The summed E-state index contributed by atoms with van der Waals surface area (Å²) < 4.78 is 0. The molecule has 0 bridgehead atoms. The highest BCUT2D eigenvalue weighted by Gasteiger charge is 2.39. The topological polar surface area (TPSA) is 149 Å².